The molecule has 5 heteroatoms. The molecule has 0 radical (unpaired) electrons. The zero-order valence-corrected chi connectivity index (χ0v) is 13.4. The molecule has 0 aromatic heterocycles. The standard InChI is InChI=1S/C18H19FO3S/c19-16-7-5-13(6-8-16)9-10-23-17(18(21)22)11-14-1-3-15(12-20)4-2-14/h1-8,17,20H,9-12H2,(H,21,22). The molecule has 0 heterocycles. The second-order valence-electron chi connectivity index (χ2n) is 5.25. The summed E-state index contributed by atoms with van der Waals surface area (Å²) >= 11 is 1.39. The van der Waals surface area contributed by atoms with Gasteiger partial charge in [-0.25, -0.2) is 4.39 Å². The molecule has 1 unspecified atom stereocenters. The molecule has 0 spiro atoms. The second kappa shape index (κ2) is 8.70. The fourth-order valence-corrected chi connectivity index (χ4v) is 3.27. The average molecular weight is 334 g/mol. The van der Waals surface area contributed by atoms with Gasteiger partial charge in [-0.05, 0) is 47.4 Å². The highest BCUT2D eigenvalue weighted by atomic mass is 32.2. The summed E-state index contributed by atoms with van der Waals surface area (Å²) < 4.78 is 12.8. The van der Waals surface area contributed by atoms with Crippen molar-refractivity contribution in [1.29, 1.82) is 0 Å². The first-order valence-corrected chi connectivity index (χ1v) is 8.41. The number of carbonyl (C=O) groups is 1. The average Bonchev–Trinajstić information content (AvgIpc) is 2.56. The summed E-state index contributed by atoms with van der Waals surface area (Å²) in [4.78, 5) is 11.4. The van der Waals surface area contributed by atoms with Crippen LogP contribution in [0, 0.1) is 5.82 Å². The van der Waals surface area contributed by atoms with E-state index >= 15 is 0 Å². The van der Waals surface area contributed by atoms with Gasteiger partial charge in [-0.15, -0.1) is 11.8 Å². The van der Waals surface area contributed by atoms with Crippen molar-refractivity contribution in [1.82, 2.24) is 0 Å². The van der Waals surface area contributed by atoms with Crippen LogP contribution in [-0.4, -0.2) is 27.2 Å². The van der Waals surface area contributed by atoms with Gasteiger partial charge < -0.3 is 10.2 Å². The number of hydrogen-bond donors (Lipinski definition) is 2. The summed E-state index contributed by atoms with van der Waals surface area (Å²) in [5, 5.41) is 17.9. The molecule has 0 aliphatic heterocycles. The van der Waals surface area contributed by atoms with Crippen LogP contribution in [-0.2, 0) is 24.2 Å². The lowest BCUT2D eigenvalue weighted by Crippen LogP contribution is -2.20. The molecule has 2 N–H and O–H groups in total. The van der Waals surface area contributed by atoms with E-state index in [4.69, 9.17) is 5.11 Å². The van der Waals surface area contributed by atoms with Gasteiger partial charge in [0.25, 0.3) is 0 Å². The predicted octanol–water partition coefficient (Wildman–Crippen LogP) is 3.29. The first-order valence-electron chi connectivity index (χ1n) is 7.36. The first-order chi connectivity index (χ1) is 11.1. The maximum Gasteiger partial charge on any atom is 0.316 e. The minimum absolute atomic E-state index is 0.0188. The monoisotopic (exact) mass is 334 g/mol. The van der Waals surface area contributed by atoms with Crippen LogP contribution in [0.5, 0.6) is 0 Å². The summed E-state index contributed by atoms with van der Waals surface area (Å²) in [6.45, 7) is -0.0188. The fraction of sp³-hybridized carbons (Fsp3) is 0.278. The van der Waals surface area contributed by atoms with Gasteiger partial charge in [0, 0.05) is 0 Å². The van der Waals surface area contributed by atoms with Crippen LogP contribution in [0.2, 0.25) is 0 Å². The van der Waals surface area contributed by atoms with Gasteiger partial charge in [-0.3, -0.25) is 4.79 Å². The third-order valence-corrected chi connectivity index (χ3v) is 4.74. The Bertz CT molecular complexity index is 626. The van der Waals surface area contributed by atoms with E-state index in [1.165, 1.54) is 23.9 Å². The molecule has 0 saturated heterocycles. The Labute approximate surface area is 139 Å². The van der Waals surface area contributed by atoms with E-state index in [9.17, 15) is 14.3 Å². The number of aliphatic carboxylic acids is 1. The minimum atomic E-state index is -0.833. The topological polar surface area (TPSA) is 57.5 Å². The van der Waals surface area contributed by atoms with Gasteiger partial charge >= 0.3 is 5.97 Å². The van der Waals surface area contributed by atoms with Crippen LogP contribution in [0.15, 0.2) is 48.5 Å². The van der Waals surface area contributed by atoms with Crippen molar-refractivity contribution in [2.24, 2.45) is 0 Å². The zero-order valence-electron chi connectivity index (χ0n) is 12.6. The Morgan fingerprint density at radius 3 is 2.13 bits per heavy atom. The number of thioether (sulfide) groups is 1. The second-order valence-corrected chi connectivity index (χ2v) is 6.56. The van der Waals surface area contributed by atoms with E-state index in [1.54, 1.807) is 24.3 Å². The molecule has 0 bridgehead atoms. The molecular formula is C18H19FO3S. The largest absolute Gasteiger partial charge is 0.480 e. The molecule has 2 rings (SSSR count). The highest BCUT2D eigenvalue weighted by molar-refractivity contribution is 8.00. The summed E-state index contributed by atoms with van der Waals surface area (Å²) in [6, 6.07) is 13.6. The first kappa shape index (κ1) is 17.5. The molecule has 0 amide bonds. The van der Waals surface area contributed by atoms with Crippen LogP contribution in [0.4, 0.5) is 4.39 Å². The van der Waals surface area contributed by atoms with E-state index in [-0.39, 0.29) is 12.4 Å². The van der Waals surface area contributed by atoms with Crippen molar-refractivity contribution in [2.75, 3.05) is 5.75 Å². The Hall–Kier alpha value is -1.85. The van der Waals surface area contributed by atoms with Crippen LogP contribution < -0.4 is 0 Å². The van der Waals surface area contributed by atoms with Crippen LogP contribution in [0.25, 0.3) is 0 Å². The van der Waals surface area contributed by atoms with E-state index in [2.05, 4.69) is 0 Å². The lowest BCUT2D eigenvalue weighted by Gasteiger charge is -2.12. The number of hydrogen-bond acceptors (Lipinski definition) is 3. The van der Waals surface area contributed by atoms with Gasteiger partial charge in [0.1, 0.15) is 11.1 Å². The van der Waals surface area contributed by atoms with E-state index in [0.29, 0.717) is 18.6 Å². The Balaban J connectivity index is 1.88. The smallest absolute Gasteiger partial charge is 0.316 e. The van der Waals surface area contributed by atoms with Crippen molar-refractivity contribution in [2.45, 2.75) is 24.7 Å². The molecule has 3 nitrogen and oxygen atoms in total. The van der Waals surface area contributed by atoms with Crippen molar-refractivity contribution in [3.63, 3.8) is 0 Å². The minimum Gasteiger partial charge on any atom is -0.480 e. The Morgan fingerprint density at radius 2 is 1.57 bits per heavy atom. The number of carboxylic acids is 1. The summed E-state index contributed by atoms with van der Waals surface area (Å²) in [6.07, 6.45) is 1.15. The number of aliphatic hydroxyl groups is 1. The summed E-state index contributed by atoms with van der Waals surface area (Å²) in [5.41, 5.74) is 2.74. The number of aryl methyl sites for hydroxylation is 1. The molecule has 0 fully saturated rings. The van der Waals surface area contributed by atoms with Gasteiger partial charge in [0.2, 0.25) is 0 Å². The lowest BCUT2D eigenvalue weighted by molar-refractivity contribution is -0.136. The number of halogens is 1. The molecule has 0 aliphatic rings. The summed E-state index contributed by atoms with van der Waals surface area (Å²) in [7, 11) is 0. The quantitative estimate of drug-likeness (QED) is 0.778. The van der Waals surface area contributed by atoms with Gasteiger partial charge in [0.05, 0.1) is 6.61 Å². The highest BCUT2D eigenvalue weighted by Crippen LogP contribution is 2.19. The molecule has 23 heavy (non-hydrogen) atoms. The van der Waals surface area contributed by atoms with Gasteiger partial charge in [0.15, 0.2) is 0 Å². The fourth-order valence-electron chi connectivity index (χ4n) is 2.18. The third kappa shape index (κ3) is 5.69. The maximum atomic E-state index is 12.8. The highest BCUT2D eigenvalue weighted by Gasteiger charge is 2.18. The SMILES string of the molecule is O=C(O)C(Cc1ccc(CO)cc1)SCCc1ccc(F)cc1. The molecule has 0 aliphatic carbocycles. The number of aliphatic hydroxyl groups excluding tert-OH is 1. The molecular weight excluding hydrogens is 315 g/mol. The number of benzene rings is 2. The normalized spacial score (nSPS) is 12.1. The number of carboxylic acid groups (broad SMARTS) is 1. The molecule has 2 aromatic carbocycles. The van der Waals surface area contributed by atoms with Crippen LogP contribution in [0.3, 0.4) is 0 Å². The van der Waals surface area contributed by atoms with Crippen LogP contribution >= 0.6 is 11.8 Å². The summed E-state index contributed by atoms with van der Waals surface area (Å²) in [5.74, 6) is -0.436. The van der Waals surface area contributed by atoms with Crippen molar-refractivity contribution in [3.05, 3.63) is 71.0 Å². The molecule has 2 aromatic rings. The van der Waals surface area contributed by atoms with Gasteiger partial charge in [-0.2, -0.15) is 0 Å². The zero-order chi connectivity index (χ0) is 16.7. The van der Waals surface area contributed by atoms with Crippen molar-refractivity contribution < 1.29 is 19.4 Å². The van der Waals surface area contributed by atoms with Crippen LogP contribution in [0.1, 0.15) is 16.7 Å². The molecule has 1 atom stereocenters. The van der Waals surface area contributed by atoms with E-state index in [1.807, 2.05) is 12.1 Å². The third-order valence-electron chi connectivity index (χ3n) is 3.53. The van der Waals surface area contributed by atoms with Crippen molar-refractivity contribution >= 4 is 17.7 Å². The van der Waals surface area contributed by atoms with Gasteiger partial charge in [-0.1, -0.05) is 36.4 Å². The Kier molecular flexibility index (Phi) is 6.62. The van der Waals surface area contributed by atoms with Crippen molar-refractivity contribution in [3.8, 4) is 0 Å². The predicted molar refractivity (Wildman–Crippen MR) is 90.1 cm³/mol. The van der Waals surface area contributed by atoms with E-state index < -0.39 is 11.2 Å². The maximum absolute atomic E-state index is 12.8. The van der Waals surface area contributed by atoms with E-state index in [0.717, 1.165) is 16.7 Å². The molecule has 0 saturated carbocycles. The lowest BCUT2D eigenvalue weighted by atomic mass is 10.1. The molecule has 122 valence electrons. The Morgan fingerprint density at radius 1 is 1.00 bits per heavy atom. The number of rotatable bonds is 8.